The van der Waals surface area contributed by atoms with Crippen molar-refractivity contribution in [1.82, 2.24) is 15.5 Å². The maximum atomic E-state index is 13.8. The maximum Gasteiger partial charge on any atom is 0.254 e. The summed E-state index contributed by atoms with van der Waals surface area (Å²) in [6.45, 7) is 1.25. The predicted octanol–water partition coefficient (Wildman–Crippen LogP) is 3.89. The Kier molecular flexibility index (Phi) is 5.24. The van der Waals surface area contributed by atoms with Crippen molar-refractivity contribution in [3.05, 3.63) is 71.5 Å². The molecule has 1 atom stereocenters. The fraction of sp³-hybridized carbons (Fsp3) is 0.238. The zero-order valence-corrected chi connectivity index (χ0v) is 15.5. The van der Waals surface area contributed by atoms with Crippen LogP contribution >= 0.6 is 0 Å². The number of aromatic amines is 1. The summed E-state index contributed by atoms with van der Waals surface area (Å²) in [5.41, 5.74) is 1.27. The predicted molar refractivity (Wildman–Crippen MR) is 103 cm³/mol. The zero-order chi connectivity index (χ0) is 20.4. The van der Waals surface area contributed by atoms with Gasteiger partial charge >= 0.3 is 0 Å². The molecule has 1 saturated heterocycles. The highest BCUT2D eigenvalue weighted by atomic mass is 19.1. The summed E-state index contributed by atoms with van der Waals surface area (Å²) in [7, 11) is 0. The number of aromatic nitrogens is 2. The van der Waals surface area contributed by atoms with Gasteiger partial charge in [0.2, 0.25) is 0 Å². The van der Waals surface area contributed by atoms with Gasteiger partial charge in [-0.1, -0.05) is 0 Å². The minimum absolute atomic E-state index is 0.218. The third-order valence-electron chi connectivity index (χ3n) is 4.97. The standard InChI is InChI=1S/C21H19F3N4O/c22-14-5-3-13(4-6-14)19-11-20(27-26-19)28-9-1-2-16(12-28)25-21(29)17-10-15(23)7-8-18(17)24/h3-8,10-11,16H,1-2,9,12H2,(H,25,29)(H,26,27)/t16-/m0/s1. The average Bonchev–Trinajstić information content (AvgIpc) is 3.21. The smallest absolute Gasteiger partial charge is 0.254 e. The number of benzene rings is 2. The van der Waals surface area contributed by atoms with Gasteiger partial charge in [-0.25, -0.2) is 13.2 Å². The number of piperidine rings is 1. The lowest BCUT2D eigenvalue weighted by Crippen LogP contribution is -2.48. The third kappa shape index (κ3) is 4.26. The molecule has 0 saturated carbocycles. The van der Waals surface area contributed by atoms with Crippen molar-refractivity contribution in [2.24, 2.45) is 0 Å². The van der Waals surface area contributed by atoms with Crippen LogP contribution in [0.4, 0.5) is 19.0 Å². The van der Waals surface area contributed by atoms with E-state index in [9.17, 15) is 18.0 Å². The van der Waals surface area contributed by atoms with E-state index in [1.165, 1.54) is 12.1 Å². The molecule has 1 aromatic heterocycles. The molecule has 0 radical (unpaired) electrons. The molecular formula is C21H19F3N4O. The molecule has 29 heavy (non-hydrogen) atoms. The Morgan fingerprint density at radius 3 is 2.62 bits per heavy atom. The van der Waals surface area contributed by atoms with Crippen molar-refractivity contribution >= 4 is 11.7 Å². The monoisotopic (exact) mass is 400 g/mol. The highest BCUT2D eigenvalue weighted by Crippen LogP contribution is 2.24. The van der Waals surface area contributed by atoms with Crippen LogP contribution in [0.3, 0.4) is 0 Å². The quantitative estimate of drug-likeness (QED) is 0.699. The van der Waals surface area contributed by atoms with E-state index in [2.05, 4.69) is 15.5 Å². The maximum absolute atomic E-state index is 13.8. The van der Waals surface area contributed by atoms with E-state index in [0.29, 0.717) is 12.4 Å². The van der Waals surface area contributed by atoms with E-state index < -0.39 is 17.5 Å². The molecule has 150 valence electrons. The van der Waals surface area contributed by atoms with Crippen LogP contribution < -0.4 is 10.2 Å². The van der Waals surface area contributed by atoms with Gasteiger partial charge in [0.25, 0.3) is 5.91 Å². The van der Waals surface area contributed by atoms with Crippen LogP contribution in [0, 0.1) is 17.5 Å². The number of H-pyrrole nitrogens is 1. The summed E-state index contributed by atoms with van der Waals surface area (Å²) in [4.78, 5) is 14.4. The van der Waals surface area contributed by atoms with E-state index in [-0.39, 0.29) is 17.4 Å². The van der Waals surface area contributed by atoms with Gasteiger partial charge < -0.3 is 10.2 Å². The van der Waals surface area contributed by atoms with E-state index in [1.807, 2.05) is 11.0 Å². The van der Waals surface area contributed by atoms with Gasteiger partial charge in [0.05, 0.1) is 11.3 Å². The fourth-order valence-corrected chi connectivity index (χ4v) is 3.49. The summed E-state index contributed by atoms with van der Waals surface area (Å²) in [5.74, 6) is -1.65. The van der Waals surface area contributed by atoms with Crippen molar-refractivity contribution in [2.45, 2.75) is 18.9 Å². The molecular weight excluding hydrogens is 381 g/mol. The minimum atomic E-state index is -0.757. The number of amides is 1. The van der Waals surface area contributed by atoms with Crippen LogP contribution in [0.5, 0.6) is 0 Å². The first-order valence-corrected chi connectivity index (χ1v) is 9.32. The van der Waals surface area contributed by atoms with Gasteiger partial charge in [-0.05, 0) is 60.9 Å². The first kappa shape index (κ1) is 19.0. The number of anilines is 1. The molecule has 0 spiro atoms. The minimum Gasteiger partial charge on any atom is -0.353 e. The average molecular weight is 400 g/mol. The normalized spacial score (nSPS) is 16.7. The van der Waals surface area contributed by atoms with Gasteiger partial charge in [-0.2, -0.15) is 5.10 Å². The largest absolute Gasteiger partial charge is 0.353 e. The Bertz CT molecular complexity index is 1020. The summed E-state index contributed by atoms with van der Waals surface area (Å²) < 4.78 is 40.3. The van der Waals surface area contributed by atoms with Crippen molar-refractivity contribution < 1.29 is 18.0 Å². The SMILES string of the molecule is O=C(N[C@H]1CCCN(c2cc(-c3ccc(F)cc3)[nH]n2)C1)c1cc(F)ccc1F. The number of hydrogen-bond acceptors (Lipinski definition) is 3. The number of rotatable bonds is 4. The van der Waals surface area contributed by atoms with E-state index in [4.69, 9.17) is 0 Å². The summed E-state index contributed by atoms with van der Waals surface area (Å²) in [5, 5.41) is 10.0. The van der Waals surface area contributed by atoms with E-state index in [1.54, 1.807) is 12.1 Å². The first-order chi connectivity index (χ1) is 14.0. The molecule has 0 aliphatic carbocycles. The molecule has 0 unspecified atom stereocenters. The Morgan fingerprint density at radius 2 is 1.83 bits per heavy atom. The molecule has 5 nitrogen and oxygen atoms in total. The number of hydrogen-bond donors (Lipinski definition) is 2. The Labute approximate surface area is 165 Å². The van der Waals surface area contributed by atoms with E-state index >= 15 is 0 Å². The number of nitrogens with zero attached hydrogens (tertiary/aromatic N) is 2. The lowest BCUT2D eigenvalue weighted by Gasteiger charge is -2.33. The number of halogens is 3. The molecule has 3 aromatic rings. The second kappa shape index (κ2) is 7.98. The Balaban J connectivity index is 1.44. The second-order valence-electron chi connectivity index (χ2n) is 7.03. The molecule has 4 rings (SSSR count). The first-order valence-electron chi connectivity index (χ1n) is 9.32. The zero-order valence-electron chi connectivity index (χ0n) is 15.5. The summed E-state index contributed by atoms with van der Waals surface area (Å²) in [6.07, 6.45) is 1.55. The molecule has 8 heteroatoms. The van der Waals surface area contributed by atoms with E-state index in [0.717, 1.165) is 48.8 Å². The molecule has 2 N–H and O–H groups in total. The lowest BCUT2D eigenvalue weighted by atomic mass is 10.0. The highest BCUT2D eigenvalue weighted by Gasteiger charge is 2.24. The van der Waals surface area contributed by atoms with Crippen molar-refractivity contribution in [3.63, 3.8) is 0 Å². The fourth-order valence-electron chi connectivity index (χ4n) is 3.49. The topological polar surface area (TPSA) is 61.0 Å². The van der Waals surface area contributed by atoms with Gasteiger partial charge in [0, 0.05) is 25.2 Å². The summed E-state index contributed by atoms with van der Waals surface area (Å²) in [6, 6.07) is 10.6. The molecule has 1 amide bonds. The van der Waals surface area contributed by atoms with Crippen molar-refractivity contribution in [1.29, 1.82) is 0 Å². The molecule has 1 aliphatic heterocycles. The van der Waals surface area contributed by atoms with Gasteiger partial charge in [-0.3, -0.25) is 9.89 Å². The third-order valence-corrected chi connectivity index (χ3v) is 4.97. The lowest BCUT2D eigenvalue weighted by molar-refractivity contribution is 0.0928. The molecule has 1 aliphatic rings. The molecule has 1 fully saturated rings. The second-order valence-corrected chi connectivity index (χ2v) is 7.03. The highest BCUT2D eigenvalue weighted by molar-refractivity contribution is 5.94. The molecule has 0 bridgehead atoms. The van der Waals surface area contributed by atoms with Gasteiger partial charge in [0.15, 0.2) is 5.82 Å². The number of nitrogens with one attached hydrogen (secondary N) is 2. The van der Waals surface area contributed by atoms with Crippen molar-refractivity contribution in [2.75, 3.05) is 18.0 Å². The number of carbonyl (C=O) groups excluding carboxylic acids is 1. The molecule has 2 aromatic carbocycles. The summed E-state index contributed by atoms with van der Waals surface area (Å²) >= 11 is 0. The van der Waals surface area contributed by atoms with Crippen LogP contribution in [-0.2, 0) is 0 Å². The van der Waals surface area contributed by atoms with Crippen LogP contribution in [0.2, 0.25) is 0 Å². The van der Waals surface area contributed by atoms with Crippen LogP contribution in [-0.4, -0.2) is 35.2 Å². The Hall–Kier alpha value is -3.29. The van der Waals surface area contributed by atoms with Crippen LogP contribution in [0.15, 0.2) is 48.5 Å². The van der Waals surface area contributed by atoms with Crippen LogP contribution in [0.1, 0.15) is 23.2 Å². The molecule has 2 heterocycles. The van der Waals surface area contributed by atoms with Crippen LogP contribution in [0.25, 0.3) is 11.3 Å². The Morgan fingerprint density at radius 1 is 1.07 bits per heavy atom. The van der Waals surface area contributed by atoms with Crippen molar-refractivity contribution in [3.8, 4) is 11.3 Å². The van der Waals surface area contributed by atoms with Gasteiger partial charge in [0.1, 0.15) is 17.5 Å². The number of carbonyl (C=O) groups is 1. The van der Waals surface area contributed by atoms with Gasteiger partial charge in [-0.15, -0.1) is 0 Å².